The van der Waals surface area contributed by atoms with Gasteiger partial charge in [0.25, 0.3) is 0 Å². The number of carboxylic acids is 1. The number of hydrogen-bond acceptors (Lipinski definition) is 4. The number of carbonyl (C=O) groups is 3. The number of carbonyl (C=O) groups excluding carboxylic acids is 2. The van der Waals surface area contributed by atoms with Crippen LogP contribution in [0.2, 0.25) is 5.02 Å². The summed E-state index contributed by atoms with van der Waals surface area (Å²) in [5.41, 5.74) is 0.515. The van der Waals surface area contributed by atoms with Crippen molar-refractivity contribution in [1.29, 1.82) is 0 Å². The van der Waals surface area contributed by atoms with Crippen molar-refractivity contribution in [1.82, 2.24) is 5.32 Å². The number of nitrogens with one attached hydrogen (secondary N) is 1. The van der Waals surface area contributed by atoms with Crippen molar-refractivity contribution in [3.05, 3.63) is 28.8 Å². The number of imide groups is 1. The van der Waals surface area contributed by atoms with Crippen LogP contribution in [0, 0.1) is 0 Å². The van der Waals surface area contributed by atoms with Crippen LogP contribution in [-0.2, 0) is 9.59 Å². The maximum Gasteiger partial charge on any atom is 0.335 e. The van der Waals surface area contributed by atoms with Gasteiger partial charge in [0.2, 0.25) is 11.8 Å². The second-order valence-corrected chi connectivity index (χ2v) is 4.21. The molecule has 0 unspecified atom stereocenters. The Morgan fingerprint density at radius 1 is 1.28 bits per heavy atom. The third kappa shape index (κ3) is 2.43. The summed E-state index contributed by atoms with van der Waals surface area (Å²) in [4.78, 5) is 34.7. The lowest BCUT2D eigenvalue weighted by Crippen LogP contribution is -2.51. The maximum atomic E-state index is 11.2. The lowest BCUT2D eigenvalue weighted by Gasteiger charge is -2.28. The Hall–Kier alpha value is -2.08. The highest BCUT2D eigenvalue weighted by atomic mass is 35.5. The number of hydrogen-bond donors (Lipinski definition) is 2. The molecule has 0 atom stereocenters. The summed E-state index contributed by atoms with van der Waals surface area (Å²) in [6.45, 7) is 0.0236. The van der Waals surface area contributed by atoms with Gasteiger partial charge in [0.15, 0.2) is 0 Å². The van der Waals surface area contributed by atoms with Gasteiger partial charge in [-0.2, -0.15) is 0 Å². The summed E-state index contributed by atoms with van der Waals surface area (Å²) in [7, 11) is 0. The Morgan fingerprint density at radius 2 is 1.89 bits per heavy atom. The minimum Gasteiger partial charge on any atom is -0.478 e. The molecule has 2 amide bonds. The predicted molar refractivity (Wildman–Crippen MR) is 63.8 cm³/mol. The molecule has 0 aromatic heterocycles. The lowest BCUT2D eigenvalue weighted by molar-refractivity contribution is -0.130. The van der Waals surface area contributed by atoms with Crippen molar-refractivity contribution >= 4 is 35.1 Å². The Kier molecular flexibility index (Phi) is 3.20. The van der Waals surface area contributed by atoms with E-state index in [9.17, 15) is 14.4 Å². The number of benzene rings is 1. The van der Waals surface area contributed by atoms with E-state index in [0.29, 0.717) is 5.69 Å². The SMILES string of the molecule is O=C1CN(c2ccc(C(=O)O)cc2Cl)CC(=O)N1. The number of aromatic carboxylic acids is 1. The highest BCUT2D eigenvalue weighted by Gasteiger charge is 2.24. The van der Waals surface area contributed by atoms with Gasteiger partial charge in [0.1, 0.15) is 0 Å². The smallest absolute Gasteiger partial charge is 0.335 e. The van der Waals surface area contributed by atoms with E-state index in [1.54, 1.807) is 0 Å². The van der Waals surface area contributed by atoms with Crippen molar-refractivity contribution in [2.75, 3.05) is 18.0 Å². The first-order valence-corrected chi connectivity index (χ1v) is 5.45. The first kappa shape index (κ1) is 12.4. The second-order valence-electron chi connectivity index (χ2n) is 3.80. The van der Waals surface area contributed by atoms with Crippen LogP contribution in [-0.4, -0.2) is 36.0 Å². The molecule has 2 rings (SSSR count). The molecule has 0 aliphatic carbocycles. The highest BCUT2D eigenvalue weighted by Crippen LogP contribution is 2.27. The van der Waals surface area contributed by atoms with Gasteiger partial charge in [-0.15, -0.1) is 0 Å². The fourth-order valence-corrected chi connectivity index (χ4v) is 2.00. The monoisotopic (exact) mass is 268 g/mol. The van der Waals surface area contributed by atoms with Gasteiger partial charge in [0, 0.05) is 0 Å². The topological polar surface area (TPSA) is 86.7 Å². The molecule has 1 aliphatic heterocycles. The summed E-state index contributed by atoms with van der Waals surface area (Å²) in [5.74, 6) is -1.91. The van der Waals surface area contributed by atoms with Crippen molar-refractivity contribution < 1.29 is 19.5 Å². The van der Waals surface area contributed by atoms with E-state index in [-0.39, 0.29) is 23.7 Å². The van der Waals surface area contributed by atoms with Gasteiger partial charge in [-0.1, -0.05) is 11.6 Å². The van der Waals surface area contributed by atoms with Crippen LogP contribution in [0.5, 0.6) is 0 Å². The Labute approximate surface area is 107 Å². The van der Waals surface area contributed by atoms with Crippen LogP contribution < -0.4 is 10.2 Å². The molecule has 2 N–H and O–H groups in total. The molecule has 0 bridgehead atoms. The molecule has 1 saturated heterocycles. The molecule has 6 nitrogen and oxygen atoms in total. The van der Waals surface area contributed by atoms with Gasteiger partial charge in [0.05, 0.1) is 29.4 Å². The number of amides is 2. The Bertz CT molecular complexity index is 528. The number of nitrogens with zero attached hydrogens (tertiary/aromatic N) is 1. The third-order valence-corrected chi connectivity index (χ3v) is 2.79. The van der Waals surface area contributed by atoms with Gasteiger partial charge in [-0.25, -0.2) is 4.79 Å². The quantitative estimate of drug-likeness (QED) is 0.763. The van der Waals surface area contributed by atoms with E-state index < -0.39 is 17.8 Å². The average molecular weight is 269 g/mol. The fourth-order valence-electron chi connectivity index (χ4n) is 1.70. The van der Waals surface area contributed by atoms with Crippen LogP contribution in [0.1, 0.15) is 10.4 Å². The van der Waals surface area contributed by atoms with Gasteiger partial charge in [-0.3, -0.25) is 14.9 Å². The van der Waals surface area contributed by atoms with Gasteiger partial charge in [-0.05, 0) is 18.2 Å². The standard InChI is InChI=1S/C11H9ClN2O4/c12-7-3-6(11(17)18)1-2-8(7)14-4-9(15)13-10(16)5-14/h1-3H,4-5H2,(H,17,18)(H,13,15,16). The van der Waals surface area contributed by atoms with E-state index in [4.69, 9.17) is 16.7 Å². The molecule has 0 saturated carbocycles. The van der Waals surface area contributed by atoms with Crippen LogP contribution >= 0.6 is 11.6 Å². The number of piperazine rings is 1. The molecule has 1 aromatic rings. The van der Waals surface area contributed by atoms with Crippen molar-refractivity contribution in [3.63, 3.8) is 0 Å². The largest absolute Gasteiger partial charge is 0.478 e. The maximum absolute atomic E-state index is 11.2. The number of rotatable bonds is 2. The van der Waals surface area contributed by atoms with Crippen LogP contribution in [0.15, 0.2) is 18.2 Å². The highest BCUT2D eigenvalue weighted by molar-refractivity contribution is 6.33. The first-order valence-electron chi connectivity index (χ1n) is 5.08. The predicted octanol–water partition coefficient (Wildman–Crippen LogP) is 0.501. The second kappa shape index (κ2) is 4.66. The van der Waals surface area contributed by atoms with Crippen LogP contribution in [0.3, 0.4) is 0 Å². The van der Waals surface area contributed by atoms with E-state index in [1.807, 2.05) is 0 Å². The summed E-state index contributed by atoms with van der Waals surface area (Å²) >= 11 is 5.95. The molecule has 1 aliphatic rings. The van der Waals surface area contributed by atoms with Gasteiger partial charge >= 0.3 is 5.97 Å². The summed E-state index contributed by atoms with van der Waals surface area (Å²) < 4.78 is 0. The van der Waals surface area contributed by atoms with Gasteiger partial charge < -0.3 is 10.0 Å². The zero-order valence-corrected chi connectivity index (χ0v) is 9.90. The molecule has 18 heavy (non-hydrogen) atoms. The van der Waals surface area contributed by atoms with E-state index in [0.717, 1.165) is 0 Å². The van der Waals surface area contributed by atoms with Crippen molar-refractivity contribution in [2.45, 2.75) is 0 Å². The third-order valence-electron chi connectivity index (χ3n) is 2.48. The molecular formula is C11H9ClN2O4. The Balaban J connectivity index is 2.31. The Morgan fingerprint density at radius 3 is 2.39 bits per heavy atom. The minimum absolute atomic E-state index is 0.0118. The summed E-state index contributed by atoms with van der Waals surface area (Å²) in [5, 5.41) is 11.2. The number of anilines is 1. The molecule has 1 fully saturated rings. The van der Waals surface area contributed by atoms with Crippen LogP contribution in [0.25, 0.3) is 0 Å². The molecule has 94 valence electrons. The number of halogens is 1. The molecule has 7 heteroatoms. The lowest BCUT2D eigenvalue weighted by atomic mass is 10.2. The molecule has 1 heterocycles. The minimum atomic E-state index is -1.09. The van der Waals surface area contributed by atoms with Crippen molar-refractivity contribution in [2.24, 2.45) is 0 Å². The van der Waals surface area contributed by atoms with Crippen LogP contribution in [0.4, 0.5) is 5.69 Å². The summed E-state index contributed by atoms with van der Waals surface area (Å²) in [6, 6.07) is 4.15. The summed E-state index contributed by atoms with van der Waals surface area (Å²) in [6.07, 6.45) is 0. The molecule has 0 radical (unpaired) electrons. The molecule has 1 aromatic carbocycles. The zero-order chi connectivity index (χ0) is 13.3. The van der Waals surface area contributed by atoms with Crippen molar-refractivity contribution in [3.8, 4) is 0 Å². The van der Waals surface area contributed by atoms with E-state index >= 15 is 0 Å². The first-order chi connectivity index (χ1) is 8.47. The molecular weight excluding hydrogens is 260 g/mol. The average Bonchev–Trinajstić information content (AvgIpc) is 2.27. The fraction of sp³-hybridized carbons (Fsp3) is 0.182. The molecule has 0 spiro atoms. The zero-order valence-electron chi connectivity index (χ0n) is 9.14. The van der Waals surface area contributed by atoms with E-state index in [1.165, 1.54) is 23.1 Å². The normalized spacial score (nSPS) is 15.5. The van der Waals surface area contributed by atoms with E-state index in [2.05, 4.69) is 5.32 Å². The number of carboxylic acid groups (broad SMARTS) is 1.